The first-order chi connectivity index (χ1) is 11.5. The number of carbonyl (C=O) groups is 1. The summed E-state index contributed by atoms with van der Waals surface area (Å²) in [5.74, 6) is -0.108. The first kappa shape index (κ1) is 18.5. The molecule has 2 rings (SSSR count). The van der Waals surface area contributed by atoms with Gasteiger partial charge in [-0.05, 0) is 42.5 Å². The Bertz CT molecular complexity index is 659. The van der Waals surface area contributed by atoms with Crippen LogP contribution in [-0.2, 0) is 0 Å². The topological polar surface area (TPSA) is 62.2 Å². The fraction of sp³-hybridized carbons (Fsp3) is 0.368. The van der Waals surface area contributed by atoms with E-state index in [9.17, 15) is 9.90 Å². The molecule has 1 aromatic carbocycles. The number of aromatic nitrogens is 1. The van der Waals surface area contributed by atoms with Gasteiger partial charge in [-0.3, -0.25) is 4.79 Å². The van der Waals surface area contributed by atoms with Gasteiger partial charge in [0, 0.05) is 24.2 Å². The van der Waals surface area contributed by atoms with Gasteiger partial charge in [0.1, 0.15) is 5.03 Å². The van der Waals surface area contributed by atoms with E-state index in [2.05, 4.69) is 10.3 Å². The molecule has 0 atom stereocenters. The first-order valence-corrected chi connectivity index (χ1v) is 8.90. The van der Waals surface area contributed by atoms with Crippen molar-refractivity contribution in [3.63, 3.8) is 0 Å². The predicted octanol–water partition coefficient (Wildman–Crippen LogP) is 3.76. The van der Waals surface area contributed by atoms with Crippen molar-refractivity contribution in [2.75, 3.05) is 13.2 Å². The highest BCUT2D eigenvalue weighted by Gasteiger charge is 2.17. The second-order valence-electron chi connectivity index (χ2n) is 6.45. The van der Waals surface area contributed by atoms with E-state index in [0.29, 0.717) is 17.1 Å². The fourth-order valence-electron chi connectivity index (χ4n) is 2.19. The van der Waals surface area contributed by atoms with Crippen molar-refractivity contribution in [2.24, 2.45) is 5.41 Å². The standard InChI is InChI=1S/C19H24N2O2S/c1-19(2,14-22)11-7-13-20-17(23)16-10-6-12-21-18(16)24-15-8-4-3-5-9-15/h3-6,8-10,12,22H,7,11,13-14H2,1-2H3,(H,20,23). The molecule has 0 unspecified atom stereocenters. The molecular formula is C19H24N2O2S. The highest BCUT2D eigenvalue weighted by atomic mass is 32.2. The largest absolute Gasteiger partial charge is 0.396 e. The van der Waals surface area contributed by atoms with Gasteiger partial charge in [-0.2, -0.15) is 0 Å². The number of hydrogen-bond donors (Lipinski definition) is 2. The Morgan fingerprint density at radius 3 is 2.67 bits per heavy atom. The molecule has 0 saturated carbocycles. The van der Waals surface area contributed by atoms with E-state index < -0.39 is 0 Å². The Morgan fingerprint density at radius 2 is 1.96 bits per heavy atom. The molecule has 1 heterocycles. The molecule has 0 bridgehead atoms. The van der Waals surface area contributed by atoms with Crippen LogP contribution in [0.1, 0.15) is 37.0 Å². The molecule has 2 N–H and O–H groups in total. The lowest BCUT2D eigenvalue weighted by atomic mass is 9.89. The zero-order valence-electron chi connectivity index (χ0n) is 14.2. The minimum absolute atomic E-state index is 0.104. The molecule has 24 heavy (non-hydrogen) atoms. The Kier molecular flexibility index (Phi) is 6.82. The van der Waals surface area contributed by atoms with E-state index in [4.69, 9.17) is 0 Å². The molecule has 1 aromatic heterocycles. The van der Waals surface area contributed by atoms with E-state index >= 15 is 0 Å². The lowest BCUT2D eigenvalue weighted by molar-refractivity contribution is 0.0945. The van der Waals surface area contributed by atoms with Crippen LogP contribution in [-0.4, -0.2) is 29.1 Å². The number of amides is 1. The molecule has 0 saturated heterocycles. The number of aliphatic hydroxyl groups excluding tert-OH is 1. The van der Waals surface area contributed by atoms with Crippen molar-refractivity contribution in [1.82, 2.24) is 10.3 Å². The first-order valence-electron chi connectivity index (χ1n) is 8.09. The third-order valence-corrected chi connectivity index (χ3v) is 4.74. The van der Waals surface area contributed by atoms with Crippen molar-refractivity contribution in [3.8, 4) is 0 Å². The zero-order valence-corrected chi connectivity index (χ0v) is 15.0. The van der Waals surface area contributed by atoms with Gasteiger partial charge in [0.05, 0.1) is 5.56 Å². The molecule has 0 aliphatic heterocycles. The monoisotopic (exact) mass is 344 g/mol. The molecule has 0 radical (unpaired) electrons. The predicted molar refractivity (Wildman–Crippen MR) is 97.2 cm³/mol. The number of aliphatic hydroxyl groups is 1. The maximum Gasteiger partial charge on any atom is 0.254 e. The van der Waals surface area contributed by atoms with Gasteiger partial charge in [0.15, 0.2) is 0 Å². The highest BCUT2D eigenvalue weighted by molar-refractivity contribution is 7.99. The molecule has 0 fully saturated rings. The third kappa shape index (κ3) is 5.65. The van der Waals surface area contributed by atoms with E-state index in [-0.39, 0.29) is 17.9 Å². The number of nitrogens with one attached hydrogen (secondary N) is 1. The summed E-state index contributed by atoms with van der Waals surface area (Å²) in [6.45, 7) is 4.78. The molecular weight excluding hydrogens is 320 g/mol. The van der Waals surface area contributed by atoms with Crippen molar-refractivity contribution in [2.45, 2.75) is 36.6 Å². The Hall–Kier alpha value is -1.85. The summed E-state index contributed by atoms with van der Waals surface area (Å²) < 4.78 is 0. The lowest BCUT2D eigenvalue weighted by Crippen LogP contribution is -2.27. The minimum Gasteiger partial charge on any atom is -0.396 e. The van der Waals surface area contributed by atoms with Gasteiger partial charge in [0.2, 0.25) is 0 Å². The minimum atomic E-state index is -0.108. The summed E-state index contributed by atoms with van der Waals surface area (Å²) in [6.07, 6.45) is 3.40. The Balaban J connectivity index is 1.95. The maximum absolute atomic E-state index is 12.4. The Labute approximate surface area is 147 Å². The number of pyridine rings is 1. The van der Waals surface area contributed by atoms with Crippen LogP contribution in [0.3, 0.4) is 0 Å². The summed E-state index contributed by atoms with van der Waals surface area (Å²) in [4.78, 5) is 17.8. The van der Waals surface area contributed by atoms with Gasteiger partial charge in [-0.15, -0.1) is 0 Å². The van der Waals surface area contributed by atoms with E-state index in [1.54, 1.807) is 18.3 Å². The molecule has 4 nitrogen and oxygen atoms in total. The summed E-state index contributed by atoms with van der Waals surface area (Å²) in [6, 6.07) is 13.5. The van der Waals surface area contributed by atoms with Gasteiger partial charge in [0.25, 0.3) is 5.91 Å². The average molecular weight is 344 g/mol. The smallest absolute Gasteiger partial charge is 0.254 e. The van der Waals surface area contributed by atoms with Crippen molar-refractivity contribution in [1.29, 1.82) is 0 Å². The van der Waals surface area contributed by atoms with Crippen LogP contribution in [0.5, 0.6) is 0 Å². The van der Waals surface area contributed by atoms with Crippen LogP contribution in [0.2, 0.25) is 0 Å². The van der Waals surface area contributed by atoms with Crippen molar-refractivity contribution < 1.29 is 9.90 Å². The Morgan fingerprint density at radius 1 is 1.21 bits per heavy atom. The van der Waals surface area contributed by atoms with Crippen molar-refractivity contribution >= 4 is 17.7 Å². The van der Waals surface area contributed by atoms with Gasteiger partial charge < -0.3 is 10.4 Å². The van der Waals surface area contributed by atoms with Crippen LogP contribution in [0, 0.1) is 5.41 Å². The van der Waals surface area contributed by atoms with E-state index in [1.165, 1.54) is 11.8 Å². The average Bonchev–Trinajstić information content (AvgIpc) is 2.60. The van der Waals surface area contributed by atoms with Crippen LogP contribution < -0.4 is 5.32 Å². The molecule has 128 valence electrons. The molecule has 0 aliphatic rings. The van der Waals surface area contributed by atoms with Crippen LogP contribution in [0.15, 0.2) is 58.6 Å². The molecule has 2 aromatic rings. The van der Waals surface area contributed by atoms with E-state index in [1.807, 2.05) is 44.2 Å². The summed E-state index contributed by atoms with van der Waals surface area (Å²) in [5, 5.41) is 12.9. The van der Waals surface area contributed by atoms with E-state index in [0.717, 1.165) is 17.7 Å². The molecule has 0 spiro atoms. The number of benzene rings is 1. The van der Waals surface area contributed by atoms with Gasteiger partial charge in [-0.1, -0.05) is 43.8 Å². The van der Waals surface area contributed by atoms with Gasteiger partial charge in [-0.25, -0.2) is 4.98 Å². The summed E-state index contributed by atoms with van der Waals surface area (Å²) in [5.41, 5.74) is 0.487. The van der Waals surface area contributed by atoms with Gasteiger partial charge >= 0.3 is 0 Å². The summed E-state index contributed by atoms with van der Waals surface area (Å²) >= 11 is 1.48. The lowest BCUT2D eigenvalue weighted by Gasteiger charge is -2.21. The normalized spacial score (nSPS) is 11.3. The number of nitrogens with zero attached hydrogens (tertiary/aromatic N) is 1. The molecule has 5 heteroatoms. The van der Waals surface area contributed by atoms with Crippen LogP contribution in [0.4, 0.5) is 0 Å². The molecule has 0 aliphatic carbocycles. The number of carbonyl (C=O) groups excluding carboxylic acids is 1. The second-order valence-corrected chi connectivity index (χ2v) is 7.52. The SMILES string of the molecule is CC(C)(CO)CCCNC(=O)c1cccnc1Sc1ccccc1. The molecule has 1 amide bonds. The number of rotatable bonds is 8. The third-order valence-electron chi connectivity index (χ3n) is 3.72. The van der Waals surface area contributed by atoms with Crippen LogP contribution >= 0.6 is 11.8 Å². The van der Waals surface area contributed by atoms with Crippen molar-refractivity contribution in [3.05, 3.63) is 54.2 Å². The highest BCUT2D eigenvalue weighted by Crippen LogP contribution is 2.28. The summed E-state index contributed by atoms with van der Waals surface area (Å²) in [7, 11) is 0. The number of hydrogen-bond acceptors (Lipinski definition) is 4. The maximum atomic E-state index is 12.4. The second kappa shape index (κ2) is 8.85. The zero-order chi connectivity index (χ0) is 17.4. The quantitative estimate of drug-likeness (QED) is 0.716. The fourth-order valence-corrected chi connectivity index (χ4v) is 3.09. The van der Waals surface area contributed by atoms with Crippen LogP contribution in [0.25, 0.3) is 0 Å².